The van der Waals surface area contributed by atoms with Crippen LogP contribution in [0.2, 0.25) is 5.02 Å². The van der Waals surface area contributed by atoms with Gasteiger partial charge in [0.15, 0.2) is 0 Å². The minimum absolute atomic E-state index is 0.0557. The molecule has 1 unspecified atom stereocenters. The van der Waals surface area contributed by atoms with Crippen LogP contribution in [0.15, 0.2) is 23.6 Å². The number of thiazole rings is 1. The molecule has 96 valence electrons. The average Bonchev–Trinajstić information content (AvgIpc) is 2.72. The third-order valence-corrected chi connectivity index (χ3v) is 3.83. The Morgan fingerprint density at radius 2 is 2.28 bits per heavy atom. The molecule has 2 rings (SSSR count). The molecule has 0 radical (unpaired) electrons. The largest absolute Gasteiger partial charge is 0.304 e. The van der Waals surface area contributed by atoms with Gasteiger partial charge in [0.25, 0.3) is 0 Å². The standard InChI is InChI=1S/C13H14ClFN2S/c1-8(12-4-3-10(15)5-13(12)14)16-6-11-7-18-9(2)17-11/h3-5,7-8,16H,6H2,1-2H3. The fraction of sp³-hybridized carbons (Fsp3) is 0.308. The van der Waals surface area contributed by atoms with Crippen LogP contribution in [0.3, 0.4) is 0 Å². The fourth-order valence-corrected chi connectivity index (χ4v) is 2.65. The second-order valence-electron chi connectivity index (χ2n) is 4.13. The van der Waals surface area contributed by atoms with Gasteiger partial charge in [0.2, 0.25) is 0 Å². The predicted octanol–water partition coefficient (Wildman–Crippen LogP) is 4.09. The predicted molar refractivity (Wildman–Crippen MR) is 73.5 cm³/mol. The summed E-state index contributed by atoms with van der Waals surface area (Å²) in [4.78, 5) is 4.38. The second kappa shape index (κ2) is 5.78. The van der Waals surface area contributed by atoms with E-state index in [0.29, 0.717) is 11.6 Å². The van der Waals surface area contributed by atoms with Gasteiger partial charge in [0, 0.05) is 23.0 Å². The summed E-state index contributed by atoms with van der Waals surface area (Å²) in [6.07, 6.45) is 0. The molecule has 18 heavy (non-hydrogen) atoms. The summed E-state index contributed by atoms with van der Waals surface area (Å²) in [6.45, 7) is 4.66. The van der Waals surface area contributed by atoms with Crippen LogP contribution < -0.4 is 5.32 Å². The van der Waals surface area contributed by atoms with E-state index in [9.17, 15) is 4.39 Å². The highest BCUT2D eigenvalue weighted by Gasteiger charge is 2.10. The average molecular weight is 285 g/mol. The molecule has 0 amide bonds. The van der Waals surface area contributed by atoms with Gasteiger partial charge in [-0.25, -0.2) is 9.37 Å². The highest BCUT2D eigenvalue weighted by atomic mass is 35.5. The number of aromatic nitrogens is 1. The van der Waals surface area contributed by atoms with Crippen molar-refractivity contribution < 1.29 is 4.39 Å². The van der Waals surface area contributed by atoms with E-state index < -0.39 is 0 Å². The molecule has 1 atom stereocenters. The van der Waals surface area contributed by atoms with Gasteiger partial charge in [-0.1, -0.05) is 17.7 Å². The van der Waals surface area contributed by atoms with Crippen molar-refractivity contribution in [3.63, 3.8) is 0 Å². The molecular weight excluding hydrogens is 271 g/mol. The van der Waals surface area contributed by atoms with Crippen molar-refractivity contribution in [1.82, 2.24) is 10.3 Å². The van der Waals surface area contributed by atoms with Crippen molar-refractivity contribution in [2.24, 2.45) is 0 Å². The maximum absolute atomic E-state index is 13.0. The Kier molecular flexibility index (Phi) is 4.32. The van der Waals surface area contributed by atoms with E-state index in [1.54, 1.807) is 17.4 Å². The van der Waals surface area contributed by atoms with Gasteiger partial charge in [-0.15, -0.1) is 11.3 Å². The minimum Gasteiger partial charge on any atom is -0.304 e. The van der Waals surface area contributed by atoms with Crippen LogP contribution in [-0.4, -0.2) is 4.98 Å². The van der Waals surface area contributed by atoms with Crippen LogP contribution in [0, 0.1) is 12.7 Å². The summed E-state index contributed by atoms with van der Waals surface area (Å²) in [6, 6.07) is 4.52. The first kappa shape index (κ1) is 13.5. The highest BCUT2D eigenvalue weighted by Crippen LogP contribution is 2.24. The molecule has 0 bridgehead atoms. The number of hydrogen-bond acceptors (Lipinski definition) is 3. The van der Waals surface area contributed by atoms with E-state index in [1.165, 1.54) is 12.1 Å². The van der Waals surface area contributed by atoms with Crippen LogP contribution in [0.4, 0.5) is 4.39 Å². The first-order chi connectivity index (χ1) is 8.56. The number of halogens is 2. The molecule has 0 saturated carbocycles. The zero-order valence-corrected chi connectivity index (χ0v) is 11.8. The van der Waals surface area contributed by atoms with Crippen molar-refractivity contribution in [3.05, 3.63) is 50.7 Å². The Morgan fingerprint density at radius 1 is 1.50 bits per heavy atom. The molecule has 2 nitrogen and oxygen atoms in total. The van der Waals surface area contributed by atoms with E-state index in [1.807, 2.05) is 19.2 Å². The van der Waals surface area contributed by atoms with Crippen LogP contribution in [-0.2, 0) is 6.54 Å². The summed E-state index contributed by atoms with van der Waals surface area (Å²) < 4.78 is 13.0. The molecule has 0 saturated heterocycles. The molecule has 0 aliphatic rings. The Hall–Kier alpha value is -0.970. The molecule has 1 heterocycles. The highest BCUT2D eigenvalue weighted by molar-refractivity contribution is 7.09. The van der Waals surface area contributed by atoms with Gasteiger partial charge in [0.1, 0.15) is 5.82 Å². The van der Waals surface area contributed by atoms with E-state index in [-0.39, 0.29) is 11.9 Å². The summed E-state index contributed by atoms with van der Waals surface area (Å²) in [7, 11) is 0. The number of hydrogen-bond donors (Lipinski definition) is 1. The molecule has 5 heteroatoms. The van der Waals surface area contributed by atoms with Gasteiger partial charge in [-0.2, -0.15) is 0 Å². The van der Waals surface area contributed by atoms with Gasteiger partial charge in [-0.3, -0.25) is 0 Å². The van der Waals surface area contributed by atoms with Crippen molar-refractivity contribution >= 4 is 22.9 Å². The topological polar surface area (TPSA) is 24.9 Å². The second-order valence-corrected chi connectivity index (χ2v) is 5.60. The Labute approximate surface area is 115 Å². The molecule has 0 aliphatic heterocycles. The molecular formula is C13H14ClFN2S. The van der Waals surface area contributed by atoms with E-state index in [0.717, 1.165) is 16.3 Å². The van der Waals surface area contributed by atoms with Gasteiger partial charge < -0.3 is 5.32 Å². The first-order valence-corrected chi connectivity index (χ1v) is 6.91. The fourth-order valence-electron chi connectivity index (χ4n) is 1.71. The molecule has 1 aromatic carbocycles. The Bertz CT molecular complexity index is 542. The number of aryl methyl sites for hydroxylation is 1. The van der Waals surface area contributed by atoms with Crippen molar-refractivity contribution in [3.8, 4) is 0 Å². The normalized spacial score (nSPS) is 12.7. The summed E-state index contributed by atoms with van der Waals surface area (Å²) >= 11 is 7.65. The Morgan fingerprint density at radius 3 is 2.89 bits per heavy atom. The summed E-state index contributed by atoms with van der Waals surface area (Å²) in [5.41, 5.74) is 1.91. The quantitative estimate of drug-likeness (QED) is 0.914. The van der Waals surface area contributed by atoms with Crippen molar-refractivity contribution in [2.45, 2.75) is 26.4 Å². The van der Waals surface area contributed by atoms with Crippen LogP contribution >= 0.6 is 22.9 Å². The third kappa shape index (κ3) is 3.28. The Balaban J connectivity index is 2.01. The van der Waals surface area contributed by atoms with Gasteiger partial charge in [0.05, 0.1) is 10.7 Å². The molecule has 1 aromatic heterocycles. The van der Waals surface area contributed by atoms with Crippen molar-refractivity contribution in [2.75, 3.05) is 0 Å². The summed E-state index contributed by atoms with van der Waals surface area (Å²) in [5, 5.41) is 6.86. The van der Waals surface area contributed by atoms with Crippen LogP contribution in [0.5, 0.6) is 0 Å². The maximum atomic E-state index is 13.0. The van der Waals surface area contributed by atoms with Crippen molar-refractivity contribution in [1.29, 1.82) is 0 Å². The first-order valence-electron chi connectivity index (χ1n) is 5.65. The van der Waals surface area contributed by atoms with Gasteiger partial charge in [-0.05, 0) is 31.5 Å². The molecule has 0 aliphatic carbocycles. The monoisotopic (exact) mass is 284 g/mol. The lowest BCUT2D eigenvalue weighted by Gasteiger charge is -2.15. The third-order valence-electron chi connectivity index (χ3n) is 2.68. The zero-order valence-electron chi connectivity index (χ0n) is 10.2. The van der Waals surface area contributed by atoms with E-state index in [2.05, 4.69) is 10.3 Å². The lowest BCUT2D eigenvalue weighted by Crippen LogP contribution is -2.18. The van der Waals surface area contributed by atoms with E-state index in [4.69, 9.17) is 11.6 Å². The smallest absolute Gasteiger partial charge is 0.124 e. The molecule has 2 aromatic rings. The van der Waals surface area contributed by atoms with Crippen LogP contribution in [0.1, 0.15) is 29.2 Å². The molecule has 1 N–H and O–H groups in total. The number of benzene rings is 1. The minimum atomic E-state index is -0.314. The van der Waals surface area contributed by atoms with E-state index >= 15 is 0 Å². The lowest BCUT2D eigenvalue weighted by atomic mass is 10.1. The van der Waals surface area contributed by atoms with Gasteiger partial charge >= 0.3 is 0 Å². The molecule has 0 fully saturated rings. The summed E-state index contributed by atoms with van der Waals surface area (Å²) in [5.74, 6) is -0.314. The zero-order chi connectivity index (χ0) is 13.1. The van der Waals surface area contributed by atoms with Crippen LogP contribution in [0.25, 0.3) is 0 Å². The SMILES string of the molecule is Cc1nc(CNC(C)c2ccc(F)cc2Cl)cs1. The maximum Gasteiger partial charge on any atom is 0.124 e. The number of rotatable bonds is 4. The molecule has 0 spiro atoms. The lowest BCUT2D eigenvalue weighted by molar-refractivity contribution is 0.566. The number of nitrogens with one attached hydrogen (secondary N) is 1. The number of nitrogens with zero attached hydrogens (tertiary/aromatic N) is 1.